The normalized spacial score (nSPS) is 12.1. The Morgan fingerprint density at radius 3 is 2.19 bits per heavy atom. The summed E-state index contributed by atoms with van der Waals surface area (Å²) in [4.78, 5) is 21.8. The molecule has 0 heterocycles. The summed E-state index contributed by atoms with van der Waals surface area (Å²) in [7, 11) is 0. The van der Waals surface area contributed by atoms with Gasteiger partial charge in [-0.25, -0.2) is 0 Å². The second-order valence-electron chi connectivity index (χ2n) is 3.15. The summed E-state index contributed by atoms with van der Waals surface area (Å²) in [6.45, 7) is 1.75. The summed E-state index contributed by atoms with van der Waals surface area (Å²) in [5, 5.41) is 20.5. The lowest BCUT2D eigenvalue weighted by Gasteiger charge is -2.15. The van der Waals surface area contributed by atoms with Gasteiger partial charge in [0.05, 0.1) is 11.9 Å². The largest absolute Gasteiger partial charge is 0.549 e. The van der Waals surface area contributed by atoms with Crippen LogP contribution in [0, 0.1) is 0 Å². The third-order valence-corrected chi connectivity index (χ3v) is 3.36. The maximum absolute atomic E-state index is 10.7. The van der Waals surface area contributed by atoms with E-state index < -0.39 is 17.2 Å². The van der Waals surface area contributed by atoms with Crippen molar-refractivity contribution in [2.75, 3.05) is 0 Å². The van der Waals surface area contributed by atoms with Crippen LogP contribution in [0.2, 0.25) is 0 Å². The number of carbonyl (C=O) groups excluding carboxylic acids is 2. The first-order chi connectivity index (χ1) is 7.54. The number of aliphatic carboxylic acids is 1. The van der Waals surface area contributed by atoms with Gasteiger partial charge in [0.2, 0.25) is 0 Å². The van der Waals surface area contributed by atoms with Crippen molar-refractivity contribution in [1.82, 2.24) is 0 Å². The highest BCUT2D eigenvalue weighted by Gasteiger charge is 2.08. The maximum atomic E-state index is 10.7. The Kier molecular flexibility index (Phi) is 4.37. The van der Waals surface area contributed by atoms with Crippen LogP contribution < -0.4 is 10.2 Å². The second kappa shape index (κ2) is 5.55. The van der Waals surface area contributed by atoms with Gasteiger partial charge in [-0.15, -0.1) is 11.8 Å². The topological polar surface area (TPSA) is 80.3 Å². The number of carboxylic acids is 2. The monoisotopic (exact) mass is 238 g/mol. The summed E-state index contributed by atoms with van der Waals surface area (Å²) in [6, 6.07) is 5.89. The molecule has 0 N–H and O–H groups in total. The van der Waals surface area contributed by atoms with Gasteiger partial charge in [-0.1, -0.05) is 19.1 Å². The predicted molar refractivity (Wildman–Crippen MR) is 55.7 cm³/mol. The molecule has 1 aromatic rings. The van der Waals surface area contributed by atoms with Crippen LogP contribution in [0.5, 0.6) is 0 Å². The molecular weight excluding hydrogens is 228 g/mol. The fraction of sp³-hybridized carbons (Fsp3) is 0.273. The van der Waals surface area contributed by atoms with Gasteiger partial charge >= 0.3 is 0 Å². The van der Waals surface area contributed by atoms with Crippen LogP contribution in [0.1, 0.15) is 23.7 Å². The number of thioether (sulfide) groups is 1. The lowest BCUT2D eigenvalue weighted by Crippen LogP contribution is -2.32. The minimum absolute atomic E-state index is 0.0749. The van der Waals surface area contributed by atoms with Crippen LogP contribution in [0.4, 0.5) is 0 Å². The van der Waals surface area contributed by atoms with Gasteiger partial charge in [-0.3, -0.25) is 0 Å². The molecule has 0 aliphatic rings. The van der Waals surface area contributed by atoms with Gasteiger partial charge < -0.3 is 19.8 Å². The molecule has 0 unspecified atom stereocenters. The van der Waals surface area contributed by atoms with E-state index in [4.69, 9.17) is 0 Å². The Balaban J connectivity index is 2.75. The number of aromatic carboxylic acids is 1. The molecule has 0 saturated heterocycles. The standard InChI is InChI=1S/C11H12O4S/c1-2-9(11(14)15)16-8-5-3-7(4-6-8)10(12)13/h3-6,9H,2H2,1H3,(H,12,13)(H,14,15)/p-2/t9-/m0/s1. The Labute approximate surface area is 97.3 Å². The van der Waals surface area contributed by atoms with Crippen LogP contribution in [0.3, 0.4) is 0 Å². The van der Waals surface area contributed by atoms with Crippen molar-refractivity contribution < 1.29 is 19.8 Å². The van der Waals surface area contributed by atoms with E-state index in [2.05, 4.69) is 0 Å². The average Bonchev–Trinajstić information content (AvgIpc) is 2.26. The molecule has 0 saturated carbocycles. The summed E-state index contributed by atoms with van der Waals surface area (Å²) in [5.74, 6) is -2.36. The number of benzene rings is 1. The first kappa shape index (κ1) is 12.6. The first-order valence-electron chi connectivity index (χ1n) is 4.73. The molecule has 1 rings (SSSR count). The summed E-state index contributed by atoms with van der Waals surface area (Å²) < 4.78 is 0. The van der Waals surface area contributed by atoms with Crippen molar-refractivity contribution in [2.24, 2.45) is 0 Å². The van der Waals surface area contributed by atoms with Crippen molar-refractivity contribution in [3.63, 3.8) is 0 Å². The zero-order valence-electron chi connectivity index (χ0n) is 8.64. The van der Waals surface area contributed by atoms with Crippen molar-refractivity contribution >= 4 is 23.7 Å². The third kappa shape index (κ3) is 3.27. The van der Waals surface area contributed by atoms with E-state index in [1.54, 1.807) is 19.1 Å². The summed E-state index contributed by atoms with van der Waals surface area (Å²) in [5.41, 5.74) is 0.0749. The number of hydrogen-bond donors (Lipinski definition) is 0. The first-order valence-corrected chi connectivity index (χ1v) is 5.61. The molecule has 1 atom stereocenters. The van der Waals surface area contributed by atoms with Crippen LogP contribution in [0.25, 0.3) is 0 Å². The van der Waals surface area contributed by atoms with E-state index in [0.29, 0.717) is 11.3 Å². The molecule has 0 spiro atoms. The zero-order chi connectivity index (χ0) is 12.1. The molecule has 0 aliphatic carbocycles. The minimum atomic E-state index is -1.25. The Bertz CT molecular complexity index is 385. The zero-order valence-corrected chi connectivity index (χ0v) is 9.45. The smallest absolute Gasteiger partial charge is 0.0715 e. The van der Waals surface area contributed by atoms with Crippen LogP contribution >= 0.6 is 11.8 Å². The Morgan fingerprint density at radius 1 is 1.25 bits per heavy atom. The maximum Gasteiger partial charge on any atom is 0.0715 e. The molecule has 0 amide bonds. The van der Waals surface area contributed by atoms with Crippen LogP contribution in [-0.4, -0.2) is 17.2 Å². The fourth-order valence-electron chi connectivity index (χ4n) is 1.13. The molecule has 0 aromatic heterocycles. The quantitative estimate of drug-likeness (QED) is 0.656. The van der Waals surface area contributed by atoms with E-state index in [0.717, 1.165) is 11.8 Å². The fourth-order valence-corrected chi connectivity index (χ4v) is 2.02. The highest BCUT2D eigenvalue weighted by Crippen LogP contribution is 2.25. The number of hydrogen-bond acceptors (Lipinski definition) is 5. The highest BCUT2D eigenvalue weighted by molar-refractivity contribution is 8.00. The summed E-state index contributed by atoms with van der Waals surface area (Å²) in [6.07, 6.45) is 0.454. The molecule has 86 valence electrons. The van der Waals surface area contributed by atoms with Crippen molar-refractivity contribution in [1.29, 1.82) is 0 Å². The average molecular weight is 238 g/mol. The van der Waals surface area contributed by atoms with E-state index in [9.17, 15) is 19.8 Å². The number of rotatable bonds is 5. The van der Waals surface area contributed by atoms with Crippen molar-refractivity contribution in [3.8, 4) is 0 Å². The highest BCUT2D eigenvalue weighted by atomic mass is 32.2. The second-order valence-corrected chi connectivity index (χ2v) is 4.42. The third-order valence-electron chi connectivity index (χ3n) is 2.00. The van der Waals surface area contributed by atoms with Gasteiger partial charge in [-0.2, -0.15) is 0 Å². The van der Waals surface area contributed by atoms with Gasteiger partial charge in [0.25, 0.3) is 0 Å². The molecule has 0 aliphatic heterocycles. The van der Waals surface area contributed by atoms with Crippen molar-refractivity contribution in [2.45, 2.75) is 23.5 Å². The van der Waals surface area contributed by atoms with Crippen LogP contribution in [0.15, 0.2) is 29.2 Å². The SMILES string of the molecule is CC[C@H](Sc1ccc(C(=O)[O-])cc1)C(=O)[O-]. The van der Waals surface area contributed by atoms with E-state index >= 15 is 0 Å². The van der Waals surface area contributed by atoms with E-state index in [1.165, 1.54) is 12.1 Å². The molecular formula is C11H10O4S-2. The molecule has 5 heteroatoms. The molecule has 0 bridgehead atoms. The van der Waals surface area contributed by atoms with Crippen LogP contribution in [-0.2, 0) is 4.79 Å². The van der Waals surface area contributed by atoms with Gasteiger partial charge in [0.15, 0.2) is 0 Å². The lowest BCUT2D eigenvalue weighted by atomic mass is 10.2. The van der Waals surface area contributed by atoms with Gasteiger partial charge in [-0.05, 0) is 24.1 Å². The van der Waals surface area contributed by atoms with Crippen molar-refractivity contribution in [3.05, 3.63) is 29.8 Å². The van der Waals surface area contributed by atoms with Gasteiger partial charge in [0.1, 0.15) is 0 Å². The molecule has 16 heavy (non-hydrogen) atoms. The summed E-state index contributed by atoms with van der Waals surface area (Å²) >= 11 is 1.14. The number of carboxylic acid groups (broad SMARTS) is 2. The lowest BCUT2D eigenvalue weighted by molar-refractivity contribution is -0.304. The van der Waals surface area contributed by atoms with Gasteiger partial charge in [0, 0.05) is 10.1 Å². The molecule has 4 nitrogen and oxygen atoms in total. The van der Waals surface area contributed by atoms with E-state index in [-0.39, 0.29) is 5.56 Å². The molecule has 1 aromatic carbocycles. The Morgan fingerprint density at radius 2 is 1.81 bits per heavy atom. The van der Waals surface area contributed by atoms with E-state index in [1.807, 2.05) is 0 Å². The molecule has 0 radical (unpaired) electrons. The Hall–Kier alpha value is -1.49. The molecule has 0 fully saturated rings. The predicted octanol–water partition coefficient (Wildman–Crippen LogP) is -0.329. The number of carbonyl (C=O) groups is 2. The minimum Gasteiger partial charge on any atom is -0.549 e.